The summed E-state index contributed by atoms with van der Waals surface area (Å²) in [5.74, 6) is -0.139. The lowest BCUT2D eigenvalue weighted by molar-refractivity contribution is -0.274. The summed E-state index contributed by atoms with van der Waals surface area (Å²) in [5, 5.41) is 8.75. The summed E-state index contributed by atoms with van der Waals surface area (Å²) in [5.41, 5.74) is 1.77. The second-order valence-electron chi connectivity index (χ2n) is 6.07. The highest BCUT2D eigenvalue weighted by molar-refractivity contribution is 7.98. The van der Waals surface area contributed by atoms with Crippen molar-refractivity contribution in [3.05, 3.63) is 59.9 Å². The molecular weight excluding hydrogens is 441 g/mol. The van der Waals surface area contributed by atoms with Crippen LogP contribution in [0.15, 0.2) is 58.6 Å². The summed E-state index contributed by atoms with van der Waals surface area (Å²) < 4.78 is 69.8. The van der Waals surface area contributed by atoms with E-state index in [2.05, 4.69) is 19.7 Å². The first-order valence-corrected chi connectivity index (χ1v) is 11.2. The van der Waals surface area contributed by atoms with E-state index in [-0.39, 0.29) is 11.4 Å². The average molecular weight is 458 g/mol. The molecule has 1 N–H and O–H groups in total. The van der Waals surface area contributed by atoms with E-state index in [0.717, 1.165) is 35.5 Å². The zero-order valence-electron chi connectivity index (χ0n) is 15.8. The summed E-state index contributed by atoms with van der Waals surface area (Å²) in [6.07, 6.45) is -3.02. The Balaban J connectivity index is 1.82. The fraction of sp³-hybridized carbons (Fsp3) is 0.222. The maximum atomic E-state index is 12.6. The Morgan fingerprint density at radius 2 is 1.77 bits per heavy atom. The fourth-order valence-corrected chi connectivity index (χ4v) is 4.16. The first-order chi connectivity index (χ1) is 14.1. The highest BCUT2D eigenvalue weighted by atomic mass is 32.2. The molecule has 0 unspecified atom stereocenters. The lowest BCUT2D eigenvalue weighted by Gasteiger charge is -2.13. The Morgan fingerprint density at radius 3 is 2.37 bits per heavy atom. The van der Waals surface area contributed by atoms with Crippen molar-refractivity contribution in [2.75, 3.05) is 6.26 Å². The molecule has 2 aromatic carbocycles. The van der Waals surface area contributed by atoms with Gasteiger partial charge in [0.15, 0.2) is 11.0 Å². The minimum Gasteiger partial charge on any atom is -0.406 e. The first kappa shape index (κ1) is 22.1. The van der Waals surface area contributed by atoms with Gasteiger partial charge < -0.3 is 4.74 Å². The molecule has 1 aromatic heterocycles. The molecule has 30 heavy (non-hydrogen) atoms. The van der Waals surface area contributed by atoms with E-state index in [4.69, 9.17) is 0 Å². The van der Waals surface area contributed by atoms with Gasteiger partial charge in [-0.2, -0.15) is 0 Å². The number of nitrogens with one attached hydrogen (secondary N) is 1. The third-order valence-electron chi connectivity index (χ3n) is 4.03. The number of para-hydroxylation sites is 1. The number of sulfonamides is 1. The molecule has 0 saturated heterocycles. The first-order valence-electron chi connectivity index (χ1n) is 8.50. The number of benzene rings is 2. The van der Waals surface area contributed by atoms with Crippen molar-refractivity contribution in [1.82, 2.24) is 19.5 Å². The monoisotopic (exact) mass is 458 g/mol. The predicted octanol–water partition coefficient (Wildman–Crippen LogP) is 3.67. The molecule has 160 valence electrons. The van der Waals surface area contributed by atoms with Crippen LogP contribution < -0.4 is 9.46 Å². The SMILES string of the molecule is CSc1nnc(CNS(=O)(=O)c2ccc(OC(F)(F)F)cc2)n1-c1ccccc1C. The molecule has 0 aliphatic heterocycles. The van der Waals surface area contributed by atoms with Crippen LogP contribution in [-0.2, 0) is 16.6 Å². The van der Waals surface area contributed by atoms with E-state index in [1.165, 1.54) is 11.8 Å². The maximum absolute atomic E-state index is 12.6. The van der Waals surface area contributed by atoms with Gasteiger partial charge in [0.2, 0.25) is 10.0 Å². The second kappa shape index (κ2) is 8.66. The van der Waals surface area contributed by atoms with Crippen molar-refractivity contribution in [3.63, 3.8) is 0 Å². The van der Waals surface area contributed by atoms with Crippen LogP contribution in [0.1, 0.15) is 11.4 Å². The third-order valence-corrected chi connectivity index (χ3v) is 6.07. The molecule has 0 radical (unpaired) electrons. The van der Waals surface area contributed by atoms with E-state index in [1.807, 2.05) is 37.4 Å². The van der Waals surface area contributed by atoms with Crippen LogP contribution in [0.3, 0.4) is 0 Å². The lowest BCUT2D eigenvalue weighted by atomic mass is 10.2. The van der Waals surface area contributed by atoms with Crippen molar-refractivity contribution in [2.24, 2.45) is 0 Å². The second-order valence-corrected chi connectivity index (χ2v) is 8.61. The normalized spacial score (nSPS) is 12.2. The fourth-order valence-electron chi connectivity index (χ4n) is 2.67. The summed E-state index contributed by atoms with van der Waals surface area (Å²) in [4.78, 5) is -0.205. The molecule has 3 rings (SSSR count). The minimum absolute atomic E-state index is 0.162. The molecule has 0 saturated carbocycles. The number of thioether (sulfide) groups is 1. The van der Waals surface area contributed by atoms with Crippen LogP contribution in [-0.4, -0.2) is 35.8 Å². The van der Waals surface area contributed by atoms with Gasteiger partial charge in [0.05, 0.1) is 17.1 Å². The van der Waals surface area contributed by atoms with Crippen LogP contribution in [0, 0.1) is 6.92 Å². The van der Waals surface area contributed by atoms with Crippen molar-refractivity contribution in [3.8, 4) is 11.4 Å². The van der Waals surface area contributed by atoms with E-state index in [0.29, 0.717) is 11.0 Å². The topological polar surface area (TPSA) is 86.1 Å². The van der Waals surface area contributed by atoms with Crippen LogP contribution in [0.4, 0.5) is 13.2 Å². The Labute approximate surface area is 175 Å². The Morgan fingerprint density at radius 1 is 1.10 bits per heavy atom. The molecule has 7 nitrogen and oxygen atoms in total. The number of hydrogen-bond donors (Lipinski definition) is 1. The minimum atomic E-state index is -4.85. The molecule has 0 fully saturated rings. The summed E-state index contributed by atoms with van der Waals surface area (Å²) >= 11 is 1.36. The molecule has 0 atom stereocenters. The summed E-state index contributed by atoms with van der Waals surface area (Å²) in [6, 6.07) is 11.5. The molecule has 0 bridgehead atoms. The van der Waals surface area contributed by atoms with Crippen LogP contribution in [0.2, 0.25) is 0 Å². The van der Waals surface area contributed by atoms with Gasteiger partial charge in [-0.3, -0.25) is 4.57 Å². The van der Waals surface area contributed by atoms with Crippen molar-refractivity contribution in [1.29, 1.82) is 0 Å². The number of ether oxygens (including phenoxy) is 1. The Hall–Kier alpha value is -2.57. The van der Waals surface area contributed by atoms with Crippen LogP contribution in [0.5, 0.6) is 5.75 Å². The Kier molecular flexibility index (Phi) is 6.38. The zero-order chi connectivity index (χ0) is 21.9. The smallest absolute Gasteiger partial charge is 0.406 e. The van der Waals surface area contributed by atoms with Crippen molar-refractivity contribution < 1.29 is 26.3 Å². The maximum Gasteiger partial charge on any atom is 0.573 e. The van der Waals surface area contributed by atoms with Gasteiger partial charge in [0.25, 0.3) is 0 Å². The number of aromatic nitrogens is 3. The van der Waals surface area contributed by atoms with Crippen LogP contribution in [0.25, 0.3) is 5.69 Å². The number of halogens is 3. The van der Waals surface area contributed by atoms with Gasteiger partial charge >= 0.3 is 6.36 Å². The molecule has 3 aromatic rings. The highest BCUT2D eigenvalue weighted by Gasteiger charge is 2.31. The molecule has 0 amide bonds. The summed E-state index contributed by atoms with van der Waals surface area (Å²) in [7, 11) is -4.00. The van der Waals surface area contributed by atoms with E-state index >= 15 is 0 Å². The Bertz CT molecular complexity index is 1130. The molecule has 1 heterocycles. The average Bonchev–Trinajstić information content (AvgIpc) is 3.09. The molecular formula is C18H17F3N4O3S2. The summed E-state index contributed by atoms with van der Waals surface area (Å²) in [6.45, 7) is 1.75. The standard InChI is InChI=1S/C18H17F3N4O3S2/c1-12-5-3-4-6-15(12)25-16(23-24-17(25)29-2)11-22-30(26,27)14-9-7-13(8-10-14)28-18(19,20)21/h3-10,22H,11H2,1-2H3. The van der Waals surface area contributed by atoms with Crippen molar-refractivity contribution >= 4 is 21.8 Å². The van der Waals surface area contributed by atoms with Gasteiger partial charge in [-0.25, -0.2) is 13.1 Å². The molecule has 0 aliphatic rings. The van der Waals surface area contributed by atoms with E-state index in [9.17, 15) is 21.6 Å². The highest BCUT2D eigenvalue weighted by Crippen LogP contribution is 2.25. The van der Waals surface area contributed by atoms with Gasteiger partial charge in [0.1, 0.15) is 5.75 Å². The molecule has 0 spiro atoms. The van der Waals surface area contributed by atoms with E-state index in [1.54, 1.807) is 4.57 Å². The third kappa shape index (κ3) is 5.12. The molecule has 0 aliphatic carbocycles. The molecule has 12 heteroatoms. The van der Waals surface area contributed by atoms with Gasteiger partial charge in [0, 0.05) is 0 Å². The van der Waals surface area contributed by atoms with Crippen molar-refractivity contribution in [2.45, 2.75) is 29.9 Å². The van der Waals surface area contributed by atoms with E-state index < -0.39 is 22.1 Å². The van der Waals surface area contributed by atoms with Gasteiger partial charge in [-0.1, -0.05) is 30.0 Å². The number of alkyl halides is 3. The lowest BCUT2D eigenvalue weighted by Crippen LogP contribution is -2.25. The predicted molar refractivity (Wildman–Crippen MR) is 105 cm³/mol. The zero-order valence-corrected chi connectivity index (χ0v) is 17.5. The number of rotatable bonds is 7. The van der Waals surface area contributed by atoms with Gasteiger partial charge in [-0.15, -0.1) is 23.4 Å². The quantitative estimate of drug-likeness (QED) is 0.544. The largest absolute Gasteiger partial charge is 0.573 e. The number of nitrogens with zero attached hydrogens (tertiary/aromatic N) is 3. The number of hydrogen-bond acceptors (Lipinski definition) is 6. The van der Waals surface area contributed by atoms with Gasteiger partial charge in [-0.05, 0) is 49.1 Å². The van der Waals surface area contributed by atoms with Crippen LogP contribution >= 0.6 is 11.8 Å². The number of aryl methyl sites for hydroxylation is 1.